The number of anilines is 1. The van der Waals surface area contributed by atoms with E-state index in [1.54, 1.807) is 6.07 Å². The molecular weight excluding hydrogens is 413 g/mol. The van der Waals surface area contributed by atoms with Crippen molar-refractivity contribution in [1.82, 2.24) is 0 Å². The summed E-state index contributed by atoms with van der Waals surface area (Å²) in [6, 6.07) is 16.3. The molecule has 0 saturated heterocycles. The maximum atomic E-state index is 13.5. The molecule has 0 aliphatic carbocycles. The van der Waals surface area contributed by atoms with E-state index in [1.165, 1.54) is 12.1 Å². The smallest absolute Gasteiger partial charge is 0.165 e. The van der Waals surface area contributed by atoms with Crippen LogP contribution in [0.3, 0.4) is 0 Å². The van der Waals surface area contributed by atoms with Crippen molar-refractivity contribution in [2.75, 3.05) is 11.9 Å². The quantitative estimate of drug-likeness (QED) is 0.341. The summed E-state index contributed by atoms with van der Waals surface area (Å²) in [5, 5.41) is 4.17. The number of rotatable bonds is 10. The zero-order valence-corrected chi connectivity index (χ0v) is 18.6. The molecule has 0 radical (unpaired) electrons. The minimum atomic E-state index is -0.282. The van der Waals surface area contributed by atoms with Gasteiger partial charge < -0.3 is 14.8 Å². The van der Waals surface area contributed by atoms with Gasteiger partial charge in [0.15, 0.2) is 11.5 Å². The molecule has 0 atom stereocenters. The average molecular weight is 440 g/mol. The van der Waals surface area contributed by atoms with Crippen molar-refractivity contribution in [3.63, 3.8) is 0 Å². The van der Waals surface area contributed by atoms with E-state index in [1.807, 2.05) is 50.3 Å². The van der Waals surface area contributed by atoms with Crippen molar-refractivity contribution in [3.8, 4) is 11.5 Å². The lowest BCUT2D eigenvalue weighted by Crippen LogP contribution is -2.06. The van der Waals surface area contributed by atoms with Gasteiger partial charge in [-0.05, 0) is 73.4 Å². The Kier molecular flexibility index (Phi) is 7.96. The van der Waals surface area contributed by atoms with Crippen LogP contribution in [0, 0.1) is 12.7 Å². The first-order chi connectivity index (χ1) is 15.0. The second-order valence-electron chi connectivity index (χ2n) is 7.19. The lowest BCUT2D eigenvalue weighted by molar-refractivity contribution is 0.266. The average Bonchev–Trinajstić information content (AvgIpc) is 2.75. The van der Waals surface area contributed by atoms with Crippen LogP contribution in [0.2, 0.25) is 5.02 Å². The minimum absolute atomic E-state index is 0.251. The Bertz CT molecular complexity index is 1050. The number of benzene rings is 3. The van der Waals surface area contributed by atoms with Crippen LogP contribution in [0.4, 0.5) is 10.1 Å². The molecule has 0 amide bonds. The van der Waals surface area contributed by atoms with E-state index in [4.69, 9.17) is 21.1 Å². The number of hydrogen-bond donors (Lipinski definition) is 1. The SMILES string of the molecule is C=CCc1cc(CNc2cccc(Cl)c2C)cc(OCC)c1OCc1cccc(F)c1. The standard InChI is InChI=1S/C26H27ClFNO2/c1-4-8-21-13-20(16-29-24-12-7-11-23(27)18(24)3)15-25(30-5-2)26(21)31-17-19-9-6-10-22(28)14-19/h4,6-7,9-15,29H,1,5,8,16-17H2,2-3H3. The van der Waals surface area contributed by atoms with Gasteiger partial charge in [-0.1, -0.05) is 35.9 Å². The summed E-state index contributed by atoms with van der Waals surface area (Å²) >= 11 is 6.23. The van der Waals surface area contributed by atoms with E-state index in [-0.39, 0.29) is 12.4 Å². The fraction of sp³-hybridized carbons (Fsp3) is 0.231. The van der Waals surface area contributed by atoms with E-state index >= 15 is 0 Å². The van der Waals surface area contributed by atoms with Gasteiger partial charge in [0.1, 0.15) is 12.4 Å². The molecule has 1 N–H and O–H groups in total. The molecule has 0 saturated carbocycles. The number of nitrogens with one attached hydrogen (secondary N) is 1. The summed E-state index contributed by atoms with van der Waals surface area (Å²) < 4.78 is 25.5. The Hall–Kier alpha value is -2.98. The van der Waals surface area contributed by atoms with E-state index in [0.29, 0.717) is 31.1 Å². The Labute approximate surface area is 188 Å². The zero-order chi connectivity index (χ0) is 22.2. The van der Waals surface area contributed by atoms with E-state index in [9.17, 15) is 4.39 Å². The molecule has 3 aromatic rings. The van der Waals surface area contributed by atoms with Crippen LogP contribution < -0.4 is 14.8 Å². The number of halogens is 2. The molecule has 0 bridgehead atoms. The van der Waals surface area contributed by atoms with Gasteiger partial charge in [0.2, 0.25) is 0 Å². The highest BCUT2D eigenvalue weighted by molar-refractivity contribution is 6.31. The Morgan fingerprint density at radius 1 is 1.06 bits per heavy atom. The Balaban J connectivity index is 1.86. The van der Waals surface area contributed by atoms with Crippen molar-refractivity contribution >= 4 is 17.3 Å². The molecule has 31 heavy (non-hydrogen) atoms. The van der Waals surface area contributed by atoms with Crippen molar-refractivity contribution in [2.45, 2.75) is 33.4 Å². The molecule has 0 heterocycles. The molecule has 0 unspecified atom stereocenters. The topological polar surface area (TPSA) is 30.5 Å². The highest BCUT2D eigenvalue weighted by Crippen LogP contribution is 2.35. The first-order valence-electron chi connectivity index (χ1n) is 10.3. The third-order valence-corrected chi connectivity index (χ3v) is 5.29. The summed E-state index contributed by atoms with van der Waals surface area (Å²) in [5.41, 5.74) is 4.78. The molecule has 3 aromatic carbocycles. The van der Waals surface area contributed by atoms with E-state index in [0.717, 1.165) is 33.0 Å². The summed E-state index contributed by atoms with van der Waals surface area (Å²) in [7, 11) is 0. The van der Waals surface area contributed by atoms with Crippen LogP contribution in [0.5, 0.6) is 11.5 Å². The molecule has 3 rings (SSSR count). The lowest BCUT2D eigenvalue weighted by atomic mass is 10.0. The van der Waals surface area contributed by atoms with Crippen molar-refractivity contribution < 1.29 is 13.9 Å². The maximum Gasteiger partial charge on any atom is 0.165 e. The molecule has 0 aliphatic heterocycles. The molecule has 162 valence electrons. The fourth-order valence-corrected chi connectivity index (χ4v) is 3.51. The monoisotopic (exact) mass is 439 g/mol. The molecule has 0 spiro atoms. The van der Waals surface area contributed by atoms with Gasteiger partial charge in [-0.3, -0.25) is 0 Å². The van der Waals surface area contributed by atoms with E-state index in [2.05, 4.69) is 18.0 Å². The summed E-state index contributed by atoms with van der Waals surface area (Å²) in [6.45, 7) is 9.16. The third-order valence-electron chi connectivity index (χ3n) is 4.88. The number of hydrogen-bond acceptors (Lipinski definition) is 3. The Morgan fingerprint density at radius 3 is 2.61 bits per heavy atom. The number of ether oxygens (including phenoxy) is 2. The van der Waals surface area contributed by atoms with Crippen LogP contribution in [0.1, 0.15) is 29.2 Å². The molecular formula is C26H27ClFNO2. The second kappa shape index (κ2) is 10.9. The third kappa shape index (κ3) is 6.02. The van der Waals surface area contributed by atoms with Crippen LogP contribution in [0.25, 0.3) is 0 Å². The maximum absolute atomic E-state index is 13.5. The summed E-state index contributed by atoms with van der Waals surface area (Å²) in [5.74, 6) is 1.04. The zero-order valence-electron chi connectivity index (χ0n) is 17.9. The van der Waals surface area contributed by atoms with Gasteiger partial charge in [0.25, 0.3) is 0 Å². The van der Waals surface area contributed by atoms with Crippen molar-refractivity contribution in [3.05, 3.63) is 100 Å². The summed E-state index contributed by atoms with van der Waals surface area (Å²) in [4.78, 5) is 0. The molecule has 3 nitrogen and oxygen atoms in total. The van der Waals surface area contributed by atoms with Crippen molar-refractivity contribution in [2.24, 2.45) is 0 Å². The Morgan fingerprint density at radius 2 is 1.87 bits per heavy atom. The van der Waals surface area contributed by atoms with Gasteiger partial charge in [0, 0.05) is 22.8 Å². The van der Waals surface area contributed by atoms with Gasteiger partial charge in [-0.2, -0.15) is 0 Å². The highest BCUT2D eigenvalue weighted by atomic mass is 35.5. The molecule has 0 fully saturated rings. The minimum Gasteiger partial charge on any atom is -0.490 e. The van der Waals surface area contributed by atoms with Crippen LogP contribution in [-0.2, 0) is 19.6 Å². The van der Waals surface area contributed by atoms with Crippen LogP contribution >= 0.6 is 11.6 Å². The predicted octanol–water partition coefficient (Wildman–Crippen LogP) is 7.11. The van der Waals surface area contributed by atoms with Gasteiger partial charge in [-0.25, -0.2) is 4.39 Å². The predicted molar refractivity (Wildman–Crippen MR) is 126 cm³/mol. The molecule has 5 heteroatoms. The van der Waals surface area contributed by atoms with Crippen molar-refractivity contribution in [1.29, 1.82) is 0 Å². The second-order valence-corrected chi connectivity index (χ2v) is 7.60. The normalized spacial score (nSPS) is 10.6. The molecule has 0 aromatic heterocycles. The molecule has 0 aliphatic rings. The van der Waals surface area contributed by atoms with Gasteiger partial charge in [0.05, 0.1) is 6.61 Å². The first kappa shape index (κ1) is 22.7. The van der Waals surface area contributed by atoms with Gasteiger partial charge >= 0.3 is 0 Å². The first-order valence-corrected chi connectivity index (χ1v) is 10.6. The van der Waals surface area contributed by atoms with Crippen LogP contribution in [0.15, 0.2) is 67.3 Å². The fourth-order valence-electron chi connectivity index (χ4n) is 3.34. The van der Waals surface area contributed by atoms with E-state index < -0.39 is 0 Å². The summed E-state index contributed by atoms with van der Waals surface area (Å²) in [6.07, 6.45) is 2.46. The van der Waals surface area contributed by atoms with Gasteiger partial charge in [-0.15, -0.1) is 6.58 Å². The van der Waals surface area contributed by atoms with Crippen LogP contribution in [-0.4, -0.2) is 6.61 Å². The largest absolute Gasteiger partial charge is 0.490 e. The number of allylic oxidation sites excluding steroid dienone is 1. The highest BCUT2D eigenvalue weighted by Gasteiger charge is 2.14. The lowest BCUT2D eigenvalue weighted by Gasteiger charge is -2.18.